The number of allylic oxidation sites excluding steroid dienone is 2. The second-order valence-electron chi connectivity index (χ2n) is 14.3. The van der Waals surface area contributed by atoms with Crippen molar-refractivity contribution in [2.24, 2.45) is 0 Å². The van der Waals surface area contributed by atoms with Crippen LogP contribution in [0.4, 0.5) is 0 Å². The lowest BCUT2D eigenvalue weighted by Crippen LogP contribution is -1.99. The van der Waals surface area contributed by atoms with Crippen molar-refractivity contribution < 1.29 is 0 Å². The molecule has 0 radical (unpaired) electrons. The minimum atomic E-state index is 1.03. The van der Waals surface area contributed by atoms with E-state index in [-0.39, 0.29) is 0 Å². The molecule has 0 spiro atoms. The van der Waals surface area contributed by atoms with Crippen LogP contribution >= 0.6 is 0 Å². The molecule has 0 saturated carbocycles. The molecule has 1 heterocycles. The second-order valence-corrected chi connectivity index (χ2v) is 14.3. The summed E-state index contributed by atoms with van der Waals surface area (Å²) in [6.07, 6.45) is 6.00. The zero-order chi connectivity index (χ0) is 34.6. The molecule has 9 aromatic carbocycles. The molecule has 0 atom stereocenters. The number of hydrogen-bond donors (Lipinski definition) is 0. The van der Waals surface area contributed by atoms with E-state index in [1.807, 2.05) is 12.3 Å². The summed E-state index contributed by atoms with van der Waals surface area (Å²) in [5.41, 5.74) is 20.3. The Morgan fingerprint density at radius 1 is 0.302 bits per heavy atom. The summed E-state index contributed by atoms with van der Waals surface area (Å²) in [6, 6.07) is 61.0. The van der Waals surface area contributed by atoms with Gasteiger partial charge in [0, 0.05) is 12.2 Å². The fraction of sp³-hybridized carbons (Fsp3) is 0. The van der Waals surface area contributed by atoms with Gasteiger partial charge >= 0.3 is 5.71 Å². The van der Waals surface area contributed by atoms with Gasteiger partial charge in [-0.05, 0) is 122 Å². The molecule has 1 aliphatic heterocycles. The molecule has 1 nitrogen and oxygen atoms in total. The Hall–Kier alpha value is -7.05. The van der Waals surface area contributed by atoms with E-state index < -0.39 is 0 Å². The minimum absolute atomic E-state index is 1.03. The second kappa shape index (κ2) is 10.7. The average molecular weight is 669 g/mol. The Morgan fingerprint density at radius 3 is 1.49 bits per heavy atom. The van der Waals surface area contributed by atoms with Gasteiger partial charge < -0.3 is 0 Å². The molecule has 53 heavy (non-hydrogen) atoms. The molecule has 0 saturated heterocycles. The fourth-order valence-corrected chi connectivity index (χ4v) is 9.57. The smallest absolute Gasteiger partial charge is 0.0920 e. The van der Waals surface area contributed by atoms with Crippen LogP contribution in [0.3, 0.4) is 0 Å². The topological polar surface area (TPSA) is 14.1 Å². The van der Waals surface area contributed by atoms with Gasteiger partial charge in [0.1, 0.15) is 0 Å². The highest BCUT2D eigenvalue weighted by atomic mass is 14.6. The third-order valence-electron chi connectivity index (χ3n) is 11.7. The average Bonchev–Trinajstić information content (AvgIpc) is 3.96. The van der Waals surface area contributed by atoms with Crippen LogP contribution in [0.15, 0.2) is 176 Å². The highest BCUT2D eigenvalue weighted by Gasteiger charge is 2.32. The van der Waals surface area contributed by atoms with Crippen molar-refractivity contribution in [2.45, 2.75) is 0 Å². The van der Waals surface area contributed by atoms with Crippen molar-refractivity contribution in [3.63, 3.8) is 0 Å². The Labute approximate surface area is 307 Å². The summed E-state index contributed by atoms with van der Waals surface area (Å²) in [5.74, 6) is 0. The Balaban J connectivity index is 1.11. The van der Waals surface area contributed by atoms with Crippen molar-refractivity contribution >= 4 is 44.2 Å². The lowest BCUT2D eigenvalue weighted by atomic mass is 9.82. The van der Waals surface area contributed by atoms with Crippen molar-refractivity contribution in [1.82, 2.24) is 4.67 Å². The van der Waals surface area contributed by atoms with Crippen molar-refractivity contribution in [3.8, 4) is 77.9 Å². The molecule has 0 amide bonds. The van der Waals surface area contributed by atoms with Crippen LogP contribution in [0.2, 0.25) is 0 Å². The molecule has 0 aromatic heterocycles. The summed E-state index contributed by atoms with van der Waals surface area (Å²) >= 11 is 0. The highest BCUT2D eigenvalue weighted by molar-refractivity contribution is 6.29. The molecule has 0 unspecified atom stereocenters. The molecule has 0 fully saturated rings. The largest absolute Gasteiger partial charge is 0.335 e. The first-order valence-electron chi connectivity index (χ1n) is 18.4. The maximum Gasteiger partial charge on any atom is 0.335 e. The fourth-order valence-electron chi connectivity index (χ4n) is 9.57. The number of rotatable bonds is 4. The van der Waals surface area contributed by atoms with Crippen LogP contribution in [0.25, 0.3) is 110 Å². The van der Waals surface area contributed by atoms with Gasteiger partial charge in [-0.3, -0.25) is 0 Å². The van der Waals surface area contributed by atoms with Crippen molar-refractivity contribution in [3.05, 3.63) is 182 Å². The Morgan fingerprint density at radius 2 is 0.811 bits per heavy atom. The van der Waals surface area contributed by atoms with Gasteiger partial charge in [-0.15, -0.1) is 0 Å². The monoisotopic (exact) mass is 668 g/mol. The van der Waals surface area contributed by atoms with E-state index in [0.29, 0.717) is 0 Å². The Bertz CT molecular complexity index is 3080. The lowest BCUT2D eigenvalue weighted by Gasteiger charge is -2.20. The first kappa shape index (κ1) is 28.6. The molecule has 9 aromatic rings. The standard InChI is InChI=1S/C52H30N/c1-3-12-31(13-4-1)47-39-16-7-8-17-40(39)48(32-14-5-2-6-15-32)52-44-28-25-34(37-18-10-21-43(50(37)44)51(47)52)33-23-24-35-42-27-26-36(46-22-11-29-53-46)38-19-9-20-41(49(38)42)45(35)30-33/h1-30H/q+1. The molecule has 0 N–H and O–H groups in total. The summed E-state index contributed by atoms with van der Waals surface area (Å²) in [4.78, 5) is 0. The predicted octanol–water partition coefficient (Wildman–Crippen LogP) is 12.9. The maximum absolute atomic E-state index is 4.64. The van der Waals surface area contributed by atoms with Crippen molar-refractivity contribution in [1.29, 1.82) is 0 Å². The van der Waals surface area contributed by atoms with Crippen LogP contribution in [0, 0.1) is 0 Å². The molecule has 242 valence electrons. The van der Waals surface area contributed by atoms with E-state index in [9.17, 15) is 0 Å². The predicted molar refractivity (Wildman–Crippen MR) is 226 cm³/mol. The van der Waals surface area contributed by atoms with Crippen LogP contribution in [0.5, 0.6) is 0 Å². The van der Waals surface area contributed by atoms with Gasteiger partial charge in [0.25, 0.3) is 6.21 Å². The lowest BCUT2D eigenvalue weighted by molar-refractivity contribution is 1.62. The zero-order valence-electron chi connectivity index (χ0n) is 28.8. The summed E-state index contributed by atoms with van der Waals surface area (Å²) in [5, 5.41) is 7.77. The van der Waals surface area contributed by atoms with Crippen molar-refractivity contribution in [2.75, 3.05) is 0 Å². The SMILES string of the molecule is C1=CC(c2ccc3c4c(cccc24)-c2cc(-c4ccc5c6c(cccc46)-c4c-5c(-c5ccccc5)c5ccccc5c4-c4ccccc4)ccc2-3)=[N+]=C1. The molecule has 12 rings (SSSR count). The van der Waals surface area contributed by atoms with Crippen LogP contribution in [0.1, 0.15) is 5.56 Å². The molecule has 3 aliphatic rings. The number of nitrogens with zero attached hydrogens (tertiary/aromatic N) is 1. The van der Waals surface area contributed by atoms with Gasteiger partial charge in [-0.1, -0.05) is 156 Å². The minimum Gasteiger partial charge on any atom is -0.0920 e. The molecule has 0 bridgehead atoms. The molecule has 2 aliphatic carbocycles. The van der Waals surface area contributed by atoms with E-state index in [1.54, 1.807) is 0 Å². The number of hydrogen-bond acceptors (Lipinski definition) is 0. The van der Waals surface area contributed by atoms with E-state index in [0.717, 1.165) is 5.71 Å². The molecular weight excluding hydrogens is 639 g/mol. The van der Waals surface area contributed by atoms with Gasteiger partial charge in [-0.2, -0.15) is 0 Å². The van der Waals surface area contributed by atoms with E-state index in [2.05, 4.69) is 175 Å². The third kappa shape index (κ3) is 3.89. The quantitative estimate of drug-likeness (QED) is 0.166. The summed E-state index contributed by atoms with van der Waals surface area (Å²) < 4.78 is 4.64. The van der Waals surface area contributed by atoms with E-state index in [4.69, 9.17) is 0 Å². The van der Waals surface area contributed by atoms with Gasteiger partial charge in [0.05, 0.1) is 5.56 Å². The highest BCUT2D eigenvalue weighted by Crippen LogP contribution is 2.59. The number of benzene rings is 9. The van der Waals surface area contributed by atoms with E-state index in [1.165, 1.54) is 116 Å². The Kier molecular flexibility index (Phi) is 5.80. The van der Waals surface area contributed by atoms with Gasteiger partial charge in [-0.25, -0.2) is 0 Å². The number of fused-ring (bicyclic) bond motifs is 7. The normalized spacial score (nSPS) is 12.9. The summed E-state index contributed by atoms with van der Waals surface area (Å²) in [6.45, 7) is 0. The van der Waals surface area contributed by atoms with Crippen LogP contribution in [-0.2, 0) is 0 Å². The van der Waals surface area contributed by atoms with Crippen LogP contribution < -0.4 is 4.67 Å². The van der Waals surface area contributed by atoms with Crippen LogP contribution in [-0.4, -0.2) is 11.9 Å². The summed E-state index contributed by atoms with van der Waals surface area (Å²) in [7, 11) is 0. The first-order valence-corrected chi connectivity index (χ1v) is 18.4. The molecular formula is C52H30N+. The third-order valence-corrected chi connectivity index (χ3v) is 11.7. The van der Waals surface area contributed by atoms with Gasteiger partial charge in [0.2, 0.25) is 0 Å². The van der Waals surface area contributed by atoms with E-state index >= 15 is 0 Å². The van der Waals surface area contributed by atoms with Gasteiger partial charge in [0.15, 0.2) is 0 Å². The maximum atomic E-state index is 4.64. The first-order chi connectivity index (χ1) is 26.3. The zero-order valence-corrected chi connectivity index (χ0v) is 28.8. The molecule has 1 heteroatoms.